The van der Waals surface area contributed by atoms with E-state index >= 15 is 0 Å². The second kappa shape index (κ2) is 10.8. The van der Waals surface area contributed by atoms with Gasteiger partial charge < -0.3 is 15.0 Å². The van der Waals surface area contributed by atoms with Gasteiger partial charge in [0.15, 0.2) is 0 Å². The normalized spacial score (nSPS) is 18.7. The fourth-order valence-electron chi connectivity index (χ4n) is 4.94. The zero-order chi connectivity index (χ0) is 28.4. The highest BCUT2D eigenvalue weighted by atomic mass is 32.1. The molecule has 1 aromatic heterocycles. The maximum Gasteiger partial charge on any atom is 0.411 e. The van der Waals surface area contributed by atoms with Gasteiger partial charge in [-0.2, -0.15) is 5.26 Å². The van der Waals surface area contributed by atoms with Gasteiger partial charge in [0.2, 0.25) is 0 Å². The van der Waals surface area contributed by atoms with E-state index in [-0.39, 0.29) is 23.6 Å². The Balaban J connectivity index is 1.49. The van der Waals surface area contributed by atoms with Crippen LogP contribution in [0.15, 0.2) is 60.8 Å². The molecule has 0 spiro atoms. The van der Waals surface area contributed by atoms with Crippen molar-refractivity contribution in [1.82, 2.24) is 15.2 Å². The number of carbonyl (C=O) groups excluding carboxylic acids is 2. The summed E-state index contributed by atoms with van der Waals surface area (Å²) in [6, 6.07) is 19.8. The van der Waals surface area contributed by atoms with Crippen molar-refractivity contribution in [1.29, 1.82) is 5.26 Å². The number of nitrogens with zero attached hydrogens (tertiary/aromatic N) is 3. The number of carbonyl (C=O) groups is 2. The van der Waals surface area contributed by atoms with E-state index < -0.39 is 11.0 Å². The Morgan fingerprint density at radius 3 is 2.41 bits per heavy atom. The van der Waals surface area contributed by atoms with Crippen LogP contribution < -0.4 is 5.32 Å². The third-order valence-corrected chi connectivity index (χ3v) is 7.97. The number of nitrogens with one attached hydrogen (secondary N) is 1. The van der Waals surface area contributed by atoms with Crippen LogP contribution in [0.4, 0.5) is 4.79 Å². The number of cyclic esters (lactones) is 1. The molecule has 1 aliphatic rings. The van der Waals surface area contributed by atoms with Crippen molar-refractivity contribution in [3.05, 3.63) is 76.8 Å². The molecule has 0 aliphatic carbocycles. The maximum absolute atomic E-state index is 13.4. The molecule has 1 fully saturated rings. The number of thiazole rings is 1. The molecule has 1 N–H and O–H groups in total. The van der Waals surface area contributed by atoms with Gasteiger partial charge in [0.25, 0.3) is 5.91 Å². The number of nitriles is 1. The van der Waals surface area contributed by atoms with Gasteiger partial charge in [-0.25, -0.2) is 9.78 Å². The Labute approximate surface area is 234 Å². The Kier molecular flexibility index (Phi) is 7.85. The van der Waals surface area contributed by atoms with Crippen LogP contribution >= 0.6 is 11.3 Å². The number of ether oxygens (including phenoxy) is 1. The van der Waals surface area contributed by atoms with Crippen LogP contribution in [0.2, 0.25) is 0 Å². The first-order chi connectivity index (χ1) is 18.3. The summed E-state index contributed by atoms with van der Waals surface area (Å²) in [6.07, 6.45) is 2.24. The third kappa shape index (κ3) is 6.48. The van der Waals surface area contributed by atoms with Crippen LogP contribution in [0.1, 0.15) is 81.2 Å². The van der Waals surface area contributed by atoms with Crippen LogP contribution in [0.25, 0.3) is 10.6 Å². The molecule has 2 aromatic carbocycles. The van der Waals surface area contributed by atoms with Gasteiger partial charge in [0.05, 0.1) is 23.7 Å². The first-order valence-corrected chi connectivity index (χ1v) is 14.0. The fraction of sp³-hybridized carbons (Fsp3) is 0.419. The number of aromatic nitrogens is 1. The molecule has 204 valence electrons. The molecule has 1 aliphatic heterocycles. The fourth-order valence-corrected chi connectivity index (χ4v) is 5.76. The molecule has 0 unspecified atom stereocenters. The number of benzene rings is 2. The van der Waals surface area contributed by atoms with Gasteiger partial charge in [-0.05, 0) is 52.7 Å². The van der Waals surface area contributed by atoms with Crippen LogP contribution in [0, 0.1) is 16.7 Å². The standard InChI is InChI=1S/C31H36N4O3S/c1-21(22-12-14-23(15-13-22)27-33-18-25(39-27)26(36)34-29(2,3)4)35-17-16-31(38-28(35)37,19-30(5,6)20-32)24-10-8-7-9-11-24/h7-15,18,21H,16-17,19H2,1-6H3,(H,34,36)/t21-,31-/m0/s1. The summed E-state index contributed by atoms with van der Waals surface area (Å²) in [5.74, 6) is -0.134. The van der Waals surface area contributed by atoms with E-state index in [1.54, 1.807) is 11.1 Å². The Morgan fingerprint density at radius 2 is 1.82 bits per heavy atom. The van der Waals surface area contributed by atoms with Gasteiger partial charge in [-0.1, -0.05) is 54.6 Å². The molecule has 0 saturated carbocycles. The van der Waals surface area contributed by atoms with Crippen molar-refractivity contribution < 1.29 is 14.3 Å². The molecule has 39 heavy (non-hydrogen) atoms. The van der Waals surface area contributed by atoms with Crippen LogP contribution in [0.5, 0.6) is 0 Å². The molecule has 2 atom stereocenters. The molecule has 3 aromatic rings. The van der Waals surface area contributed by atoms with E-state index in [2.05, 4.69) is 16.4 Å². The predicted molar refractivity (Wildman–Crippen MR) is 153 cm³/mol. The van der Waals surface area contributed by atoms with Gasteiger partial charge in [0, 0.05) is 30.5 Å². The summed E-state index contributed by atoms with van der Waals surface area (Å²) < 4.78 is 6.20. The second-order valence-corrected chi connectivity index (χ2v) is 12.9. The highest BCUT2D eigenvalue weighted by Gasteiger charge is 2.46. The molecule has 0 bridgehead atoms. The van der Waals surface area contributed by atoms with Crippen molar-refractivity contribution >= 4 is 23.3 Å². The van der Waals surface area contributed by atoms with Crippen molar-refractivity contribution in [2.24, 2.45) is 5.41 Å². The van der Waals surface area contributed by atoms with Gasteiger partial charge in [-0.15, -0.1) is 11.3 Å². The minimum absolute atomic E-state index is 0.134. The zero-order valence-corrected chi connectivity index (χ0v) is 24.3. The van der Waals surface area contributed by atoms with E-state index in [0.717, 1.165) is 21.7 Å². The monoisotopic (exact) mass is 544 g/mol. The van der Waals surface area contributed by atoms with Crippen LogP contribution in [0.3, 0.4) is 0 Å². The highest BCUT2D eigenvalue weighted by Crippen LogP contribution is 2.44. The minimum Gasteiger partial charge on any atom is -0.438 e. The van der Waals surface area contributed by atoms with Crippen molar-refractivity contribution in [3.8, 4) is 16.6 Å². The Morgan fingerprint density at radius 1 is 1.15 bits per heavy atom. The lowest BCUT2D eigenvalue weighted by Gasteiger charge is -2.45. The Hall–Kier alpha value is -3.70. The maximum atomic E-state index is 13.4. The molecular weight excluding hydrogens is 508 g/mol. The van der Waals surface area contributed by atoms with Crippen molar-refractivity contribution in [3.63, 3.8) is 0 Å². The topological polar surface area (TPSA) is 95.3 Å². The van der Waals surface area contributed by atoms with Gasteiger partial charge in [0.1, 0.15) is 15.5 Å². The lowest BCUT2D eigenvalue weighted by atomic mass is 9.75. The number of hydrogen-bond acceptors (Lipinski definition) is 6. The quantitative estimate of drug-likeness (QED) is 0.343. The minimum atomic E-state index is -0.848. The highest BCUT2D eigenvalue weighted by molar-refractivity contribution is 7.16. The SMILES string of the molecule is C[C@@H](c1ccc(-c2ncc(C(=O)NC(C)(C)C)s2)cc1)N1CC[C@](CC(C)(C)C#N)(c2ccccc2)OC1=O. The van der Waals surface area contributed by atoms with E-state index in [1.165, 1.54) is 11.3 Å². The van der Waals surface area contributed by atoms with Crippen LogP contribution in [-0.4, -0.2) is 34.0 Å². The molecule has 0 radical (unpaired) electrons. The Bertz CT molecular complexity index is 1370. The second-order valence-electron chi connectivity index (χ2n) is 11.9. The summed E-state index contributed by atoms with van der Waals surface area (Å²) in [7, 11) is 0. The van der Waals surface area contributed by atoms with E-state index in [9.17, 15) is 14.9 Å². The summed E-state index contributed by atoms with van der Waals surface area (Å²) in [5, 5.41) is 13.4. The molecule has 7 nitrogen and oxygen atoms in total. The zero-order valence-electron chi connectivity index (χ0n) is 23.4. The van der Waals surface area contributed by atoms with Gasteiger partial charge >= 0.3 is 6.09 Å². The lowest BCUT2D eigenvalue weighted by Crippen LogP contribution is -2.50. The number of rotatable bonds is 7. The van der Waals surface area contributed by atoms with E-state index in [1.807, 2.05) is 96.1 Å². The average Bonchev–Trinajstić information content (AvgIpc) is 3.39. The first-order valence-electron chi connectivity index (χ1n) is 13.2. The summed E-state index contributed by atoms with van der Waals surface area (Å²) in [5.41, 5.74) is 0.984. The summed E-state index contributed by atoms with van der Waals surface area (Å²) in [6.45, 7) is 12.1. The van der Waals surface area contributed by atoms with Crippen molar-refractivity contribution in [2.75, 3.05) is 6.54 Å². The van der Waals surface area contributed by atoms with Crippen LogP contribution in [-0.2, 0) is 10.3 Å². The lowest BCUT2D eigenvalue weighted by molar-refractivity contribution is -0.0770. The molecule has 4 rings (SSSR count). The molecule has 8 heteroatoms. The van der Waals surface area contributed by atoms with E-state index in [4.69, 9.17) is 4.74 Å². The first kappa shape index (κ1) is 28.3. The number of amides is 2. The predicted octanol–water partition coefficient (Wildman–Crippen LogP) is 7.08. The van der Waals surface area contributed by atoms with Crippen molar-refractivity contribution in [2.45, 2.75) is 71.6 Å². The summed E-state index contributed by atoms with van der Waals surface area (Å²) in [4.78, 5) is 32.6. The largest absolute Gasteiger partial charge is 0.438 e. The molecule has 1 saturated heterocycles. The van der Waals surface area contributed by atoms with Gasteiger partial charge in [-0.3, -0.25) is 4.79 Å². The third-order valence-electron chi connectivity index (χ3n) is 6.93. The van der Waals surface area contributed by atoms with E-state index in [0.29, 0.717) is 24.3 Å². The average molecular weight is 545 g/mol. The molecule has 2 heterocycles. The molecule has 2 amide bonds. The smallest absolute Gasteiger partial charge is 0.411 e. The summed E-state index contributed by atoms with van der Waals surface area (Å²) >= 11 is 1.35. The number of hydrogen-bond donors (Lipinski definition) is 1. The molecular formula is C31H36N4O3S.